The van der Waals surface area contributed by atoms with Gasteiger partial charge in [0, 0.05) is 32.9 Å². The number of benzene rings is 9. The Hall–Kier alpha value is -8.79. The molecule has 0 N–H and O–H groups in total. The molecule has 10 aromatic rings. The fraction of sp³-hybridized carbons (Fsp3) is 0.447. The molecule has 6 unspecified atom stereocenters. The second kappa shape index (κ2) is 41.3. The normalized spacial score (nSPS) is 18.1. The van der Waals surface area contributed by atoms with Gasteiger partial charge in [0.1, 0.15) is 0 Å². The molecule has 3 nitrogen and oxygen atoms in total. The van der Waals surface area contributed by atoms with Crippen molar-refractivity contribution in [3.63, 3.8) is 0 Å². The van der Waals surface area contributed by atoms with Crippen LogP contribution in [0.15, 0.2) is 200 Å². The molecule has 1 aromatic heterocycles. The van der Waals surface area contributed by atoms with E-state index in [0.717, 1.165) is 33.4 Å². The van der Waals surface area contributed by atoms with Crippen molar-refractivity contribution in [1.29, 1.82) is 0 Å². The molecule has 9 aromatic carbocycles. The van der Waals surface area contributed by atoms with Crippen LogP contribution in [0.2, 0.25) is 0 Å². The van der Waals surface area contributed by atoms with Crippen molar-refractivity contribution in [2.75, 3.05) is 0 Å². The quantitative estimate of drug-likeness (QED) is 0.0357. The summed E-state index contributed by atoms with van der Waals surface area (Å²) >= 11 is 0. The highest BCUT2D eigenvalue weighted by Crippen LogP contribution is 2.60. The molecular weight excluding hydrogens is 1410 g/mol. The van der Waals surface area contributed by atoms with Gasteiger partial charge in [0.25, 0.3) is 0 Å². The first-order valence-corrected chi connectivity index (χ1v) is 47.2. The zero-order valence-corrected chi connectivity index (χ0v) is 74.0. The van der Waals surface area contributed by atoms with E-state index in [1.54, 1.807) is 33.4 Å². The largest absolute Gasteiger partial charge is 0.208 e. The Bertz CT molecular complexity index is 4370. The number of aromatic nitrogens is 3. The van der Waals surface area contributed by atoms with Gasteiger partial charge in [-0.05, 0) is 174 Å². The van der Waals surface area contributed by atoms with Crippen molar-refractivity contribution in [2.24, 2.45) is 35.5 Å². The van der Waals surface area contributed by atoms with Gasteiger partial charge in [0.05, 0.1) is 0 Å². The zero-order valence-electron chi connectivity index (χ0n) is 74.0. The summed E-state index contributed by atoms with van der Waals surface area (Å²) in [5.74, 6) is 6.08. The van der Waals surface area contributed by atoms with Gasteiger partial charge in [-0.25, -0.2) is 15.0 Å². The maximum absolute atomic E-state index is 5.37. The number of rotatable bonds is 45. The van der Waals surface area contributed by atoms with Crippen LogP contribution in [-0.2, 0) is 16.2 Å². The van der Waals surface area contributed by atoms with Crippen molar-refractivity contribution in [1.82, 2.24) is 15.0 Å². The van der Waals surface area contributed by atoms with Crippen molar-refractivity contribution in [2.45, 2.75) is 292 Å². The van der Waals surface area contributed by atoms with E-state index in [9.17, 15) is 0 Å². The topological polar surface area (TPSA) is 38.7 Å². The number of hydrogen-bond acceptors (Lipinski definition) is 3. The molecule has 117 heavy (non-hydrogen) atoms. The van der Waals surface area contributed by atoms with Gasteiger partial charge in [-0.15, -0.1) is 0 Å². The summed E-state index contributed by atoms with van der Waals surface area (Å²) in [6.45, 7) is 28.8. The van der Waals surface area contributed by atoms with Crippen molar-refractivity contribution in [3.05, 3.63) is 267 Å². The molecule has 0 aliphatic heterocycles. The molecule has 3 aliphatic rings. The SMILES string of the molecule is CCCCC(CC)CC1(CC(CC)CCCC)c2ccccc2-c2ccc(/C=C/c3ccc(-c4nc(-c5ccc(/C=C/c6ccc7c(c6)C(CC(CC)CCCC)(CC(CC)CCCC)c6ccccc6-7)cc5)nc(-c5ccc(/C=C/c6ccc7c(c6)C(CC(CC)CCCC)(CC(CC)CCCC)c6ccccc6-7)cc5)n4)cc3)cc21. The second-order valence-electron chi connectivity index (χ2n) is 36.2. The first-order valence-electron chi connectivity index (χ1n) is 47.2. The van der Waals surface area contributed by atoms with Gasteiger partial charge in [-0.2, -0.15) is 0 Å². The van der Waals surface area contributed by atoms with Crippen LogP contribution in [0.1, 0.15) is 342 Å². The lowest BCUT2D eigenvalue weighted by molar-refractivity contribution is 0.266. The Kier molecular flexibility index (Phi) is 30.4. The predicted octanol–water partition coefficient (Wildman–Crippen LogP) is 33.8. The molecule has 0 fully saturated rings. The molecule has 3 aliphatic carbocycles. The molecule has 0 spiro atoms. The molecule has 0 saturated heterocycles. The summed E-state index contributed by atoms with van der Waals surface area (Å²) < 4.78 is 0. The first-order chi connectivity index (χ1) is 57.3. The third-order valence-electron chi connectivity index (χ3n) is 28.5. The van der Waals surface area contributed by atoms with E-state index in [0.29, 0.717) is 53.0 Å². The number of unbranched alkanes of at least 4 members (excludes halogenated alkanes) is 6. The van der Waals surface area contributed by atoms with Crippen LogP contribution >= 0.6 is 0 Å². The number of nitrogens with zero attached hydrogens (tertiary/aromatic N) is 3. The highest BCUT2D eigenvalue weighted by atomic mass is 15.0. The minimum atomic E-state index is -0.00579. The van der Waals surface area contributed by atoms with Gasteiger partial charge in [-0.1, -0.05) is 474 Å². The van der Waals surface area contributed by atoms with E-state index in [4.69, 9.17) is 15.0 Å². The lowest BCUT2D eigenvalue weighted by Crippen LogP contribution is -2.31. The fourth-order valence-corrected chi connectivity index (χ4v) is 21.5. The van der Waals surface area contributed by atoms with Crippen molar-refractivity contribution >= 4 is 36.5 Å². The Morgan fingerprint density at radius 2 is 0.419 bits per heavy atom. The zero-order chi connectivity index (χ0) is 81.7. The summed E-state index contributed by atoms with van der Waals surface area (Å²) in [4.78, 5) is 16.1. The monoisotopic (exact) mass is 1550 g/mol. The van der Waals surface area contributed by atoms with Gasteiger partial charge in [0.15, 0.2) is 17.5 Å². The highest BCUT2D eigenvalue weighted by molar-refractivity contribution is 5.87. The number of fused-ring (bicyclic) bond motifs is 9. The predicted molar refractivity (Wildman–Crippen MR) is 508 cm³/mol. The Labute approximate surface area is 708 Å². The van der Waals surface area contributed by atoms with Crippen LogP contribution in [0.5, 0.6) is 0 Å². The van der Waals surface area contributed by atoms with Crippen LogP contribution in [0, 0.1) is 35.5 Å². The lowest BCUT2D eigenvalue weighted by atomic mass is 9.65. The summed E-state index contributed by atoms with van der Waals surface area (Å²) in [6.07, 6.45) is 51.6. The van der Waals surface area contributed by atoms with E-state index >= 15 is 0 Å². The summed E-state index contributed by atoms with van der Waals surface area (Å²) in [5.41, 5.74) is 28.0. The first kappa shape index (κ1) is 86.1. The summed E-state index contributed by atoms with van der Waals surface area (Å²) in [5, 5.41) is 0. The molecule has 0 radical (unpaired) electrons. The molecule has 0 amide bonds. The van der Waals surface area contributed by atoms with Crippen LogP contribution in [0.4, 0.5) is 0 Å². The average Bonchev–Trinajstić information content (AvgIpc) is 1.59. The maximum Gasteiger partial charge on any atom is 0.164 e. The lowest BCUT2D eigenvalue weighted by Gasteiger charge is -2.38. The molecule has 1 heterocycles. The molecule has 0 saturated carbocycles. The van der Waals surface area contributed by atoms with Gasteiger partial charge in [-0.3, -0.25) is 0 Å². The molecule has 0 bridgehead atoms. The van der Waals surface area contributed by atoms with Crippen LogP contribution in [0.25, 0.3) is 104 Å². The van der Waals surface area contributed by atoms with E-state index < -0.39 is 0 Å². The van der Waals surface area contributed by atoms with Gasteiger partial charge < -0.3 is 0 Å². The minimum absolute atomic E-state index is 0.00579. The molecule has 6 atom stereocenters. The van der Waals surface area contributed by atoms with Crippen LogP contribution < -0.4 is 0 Å². The second-order valence-corrected chi connectivity index (χ2v) is 36.2. The van der Waals surface area contributed by atoms with Gasteiger partial charge >= 0.3 is 0 Å². The molecule has 13 rings (SSSR count). The standard InChI is InChI=1S/C114H141N3/c1-13-25-37-82(19-7)76-112(77-83(20-8)38-26-14-2)103-46-34-31-43-97(103)100-70-61-91(73-106(100)112)52-49-88-55-64-94(65-56-88)109-115-110(95-66-57-89(58-67-95)50-53-92-62-71-101-98-44-32-35-47-104(98)113(107(101)74-92,78-84(21-9)39-27-15-3)79-85(22-10)40-28-16-4)117-111(116-109)96-68-59-90(60-69-96)51-54-93-63-72-102-99-45-33-36-48-105(99)114(108(102)75-93,80-86(23-11)41-29-17-5)81-87(24-12)42-30-18-6/h31-36,43-75,82-87H,13-30,37-42,76-81H2,1-12H3/b52-49+,53-50+,54-51+. The Morgan fingerprint density at radius 1 is 0.222 bits per heavy atom. The third-order valence-corrected chi connectivity index (χ3v) is 28.5. The maximum atomic E-state index is 5.37. The molecule has 3 heteroatoms. The summed E-state index contributed by atoms with van der Waals surface area (Å²) in [6, 6.07) is 77.1. The third kappa shape index (κ3) is 19.6. The molecule has 612 valence electrons. The van der Waals surface area contributed by atoms with E-state index in [2.05, 4.69) is 320 Å². The van der Waals surface area contributed by atoms with Crippen molar-refractivity contribution < 1.29 is 0 Å². The van der Waals surface area contributed by atoms with Gasteiger partial charge in [0.2, 0.25) is 0 Å². The Morgan fingerprint density at radius 3 is 0.632 bits per heavy atom. The fourth-order valence-electron chi connectivity index (χ4n) is 21.5. The van der Waals surface area contributed by atoms with Crippen LogP contribution in [-0.4, -0.2) is 15.0 Å². The minimum Gasteiger partial charge on any atom is -0.208 e. The average molecular weight is 1550 g/mol. The van der Waals surface area contributed by atoms with Crippen LogP contribution in [0.3, 0.4) is 0 Å². The summed E-state index contributed by atoms with van der Waals surface area (Å²) in [7, 11) is 0. The van der Waals surface area contributed by atoms with Crippen molar-refractivity contribution in [3.8, 4) is 67.5 Å². The Balaban J connectivity index is 0.826. The van der Waals surface area contributed by atoms with E-state index in [1.165, 1.54) is 243 Å². The highest BCUT2D eigenvalue weighted by Gasteiger charge is 2.48. The number of hydrogen-bond donors (Lipinski definition) is 0. The van der Waals surface area contributed by atoms with E-state index in [1.807, 2.05) is 0 Å². The molecular formula is C114H141N3. The smallest absolute Gasteiger partial charge is 0.164 e. The van der Waals surface area contributed by atoms with E-state index in [-0.39, 0.29) is 16.2 Å².